The van der Waals surface area contributed by atoms with Crippen LogP contribution in [0.1, 0.15) is 29.7 Å². The summed E-state index contributed by atoms with van der Waals surface area (Å²) < 4.78 is 20.0. The first-order valence-corrected chi connectivity index (χ1v) is 7.06. The van der Waals surface area contributed by atoms with E-state index in [1.165, 1.54) is 6.07 Å². The van der Waals surface area contributed by atoms with Crippen LogP contribution in [-0.4, -0.2) is 15.4 Å². The zero-order chi connectivity index (χ0) is 16.1. The number of allylic oxidation sites excluding steroid dienone is 2. The fourth-order valence-electron chi connectivity index (χ4n) is 3.07. The van der Waals surface area contributed by atoms with Gasteiger partial charge in [0.05, 0.1) is 40.5 Å². The summed E-state index contributed by atoms with van der Waals surface area (Å²) in [6.07, 6.45) is 1.63. The van der Waals surface area contributed by atoms with Gasteiger partial charge in [0.15, 0.2) is 0 Å². The molecule has 1 aliphatic heterocycles. The van der Waals surface area contributed by atoms with Gasteiger partial charge in [0.2, 0.25) is 5.88 Å². The minimum atomic E-state index is -0.554. The molecule has 0 spiro atoms. The van der Waals surface area contributed by atoms with E-state index in [0.717, 1.165) is 5.39 Å². The van der Waals surface area contributed by atoms with Gasteiger partial charge in [-0.05, 0) is 26.0 Å². The summed E-state index contributed by atoms with van der Waals surface area (Å²) in [5.41, 5.74) is 3.42. The van der Waals surface area contributed by atoms with Gasteiger partial charge in [0, 0.05) is 16.6 Å². The predicted molar refractivity (Wildman–Crippen MR) is 81.1 cm³/mol. The Morgan fingerprint density at radius 2 is 2.17 bits per heavy atom. The van der Waals surface area contributed by atoms with E-state index in [0.29, 0.717) is 39.5 Å². The number of anilines is 1. The normalized spacial score (nSPS) is 17.0. The fourth-order valence-corrected chi connectivity index (χ4v) is 3.07. The minimum Gasteiger partial charge on any atom is -0.338 e. The van der Waals surface area contributed by atoms with Gasteiger partial charge in [-0.1, -0.05) is 5.16 Å². The van der Waals surface area contributed by atoms with Gasteiger partial charge in [0.1, 0.15) is 5.82 Å². The summed E-state index contributed by atoms with van der Waals surface area (Å²) in [5, 5.41) is 24.0. The Kier molecular flexibility index (Phi) is 2.75. The fraction of sp³-hybridized carbons (Fsp3) is 0.188. The zero-order valence-corrected chi connectivity index (χ0v) is 12.4. The van der Waals surface area contributed by atoms with Gasteiger partial charge in [-0.2, -0.15) is 10.4 Å². The third kappa shape index (κ3) is 1.85. The maximum atomic E-state index is 14.7. The van der Waals surface area contributed by atoms with E-state index in [1.807, 2.05) is 0 Å². The quantitative estimate of drug-likeness (QED) is 0.719. The number of aromatic nitrogens is 3. The summed E-state index contributed by atoms with van der Waals surface area (Å²) in [7, 11) is 0. The monoisotopic (exact) mass is 309 g/mol. The number of nitrogens with zero attached hydrogens (tertiary/aromatic N) is 3. The average Bonchev–Trinajstić information content (AvgIpc) is 3.11. The van der Waals surface area contributed by atoms with Crippen LogP contribution in [0.2, 0.25) is 0 Å². The molecule has 0 amide bonds. The molecule has 0 bridgehead atoms. The first-order chi connectivity index (χ1) is 11.1. The summed E-state index contributed by atoms with van der Waals surface area (Å²) in [6.45, 7) is 3.54. The van der Waals surface area contributed by atoms with Gasteiger partial charge in [0.25, 0.3) is 0 Å². The van der Waals surface area contributed by atoms with Gasteiger partial charge in [-0.25, -0.2) is 4.39 Å². The lowest BCUT2D eigenvalue weighted by atomic mass is 9.81. The Morgan fingerprint density at radius 1 is 1.35 bits per heavy atom. The largest absolute Gasteiger partial charge is 0.338 e. The highest BCUT2D eigenvalue weighted by Gasteiger charge is 2.35. The first-order valence-electron chi connectivity index (χ1n) is 7.06. The van der Waals surface area contributed by atoms with E-state index in [4.69, 9.17) is 4.52 Å². The molecule has 0 saturated carbocycles. The highest BCUT2D eigenvalue weighted by atomic mass is 19.1. The number of halogens is 1. The Morgan fingerprint density at radius 3 is 2.96 bits per heavy atom. The predicted octanol–water partition coefficient (Wildman–Crippen LogP) is 3.35. The lowest BCUT2D eigenvalue weighted by Crippen LogP contribution is -2.17. The molecule has 0 fully saturated rings. The molecule has 23 heavy (non-hydrogen) atoms. The molecular weight excluding hydrogens is 297 g/mol. The molecule has 1 aliphatic rings. The van der Waals surface area contributed by atoms with Crippen LogP contribution < -0.4 is 5.32 Å². The molecule has 1 unspecified atom stereocenters. The molecule has 114 valence electrons. The van der Waals surface area contributed by atoms with Crippen molar-refractivity contribution in [2.75, 3.05) is 5.32 Å². The number of H-pyrrole nitrogens is 1. The molecule has 0 radical (unpaired) electrons. The van der Waals surface area contributed by atoms with Crippen LogP contribution in [-0.2, 0) is 0 Å². The van der Waals surface area contributed by atoms with Crippen LogP contribution in [0.5, 0.6) is 0 Å². The molecule has 1 atom stereocenters. The smallest absolute Gasteiger partial charge is 0.233 e. The molecule has 2 N–H and O–H groups in total. The molecular formula is C16H12FN5O. The second-order valence-electron chi connectivity index (χ2n) is 5.55. The summed E-state index contributed by atoms with van der Waals surface area (Å²) >= 11 is 0. The van der Waals surface area contributed by atoms with Gasteiger partial charge < -0.3 is 9.84 Å². The molecule has 0 aliphatic carbocycles. The number of rotatable bonds is 1. The zero-order valence-electron chi connectivity index (χ0n) is 12.4. The lowest BCUT2D eigenvalue weighted by molar-refractivity contribution is 0.428. The highest BCUT2D eigenvalue weighted by molar-refractivity contribution is 5.80. The topological polar surface area (TPSA) is 90.5 Å². The summed E-state index contributed by atoms with van der Waals surface area (Å²) in [4.78, 5) is 0. The van der Waals surface area contributed by atoms with Crippen molar-refractivity contribution >= 4 is 16.8 Å². The number of benzene rings is 1. The Hall–Kier alpha value is -3.14. The Balaban J connectivity index is 2.02. The van der Waals surface area contributed by atoms with Gasteiger partial charge in [-0.3, -0.25) is 5.10 Å². The van der Waals surface area contributed by atoms with Crippen LogP contribution in [0.4, 0.5) is 10.3 Å². The maximum Gasteiger partial charge on any atom is 0.233 e. The summed E-state index contributed by atoms with van der Waals surface area (Å²) in [6, 6.07) is 5.30. The van der Waals surface area contributed by atoms with Crippen molar-refractivity contribution in [2.24, 2.45) is 0 Å². The van der Waals surface area contributed by atoms with Crippen molar-refractivity contribution in [3.63, 3.8) is 0 Å². The first kappa shape index (κ1) is 13.5. The highest BCUT2D eigenvalue weighted by Crippen LogP contribution is 2.44. The third-order valence-corrected chi connectivity index (χ3v) is 4.18. The van der Waals surface area contributed by atoms with Crippen LogP contribution >= 0.6 is 0 Å². The van der Waals surface area contributed by atoms with Crippen LogP contribution in [0.25, 0.3) is 10.9 Å². The Bertz CT molecular complexity index is 1010. The van der Waals surface area contributed by atoms with E-state index in [1.54, 1.807) is 26.1 Å². The number of nitriles is 1. The standard InChI is InChI=1S/C16H12FN5O/c1-7-11(5-18)15(14-8(2)22-23-16(14)20-7)10-3-9-6-19-21-13(9)4-12(10)17/h3-4,6,15,20H,1-2H3,(H,19,21). The van der Waals surface area contributed by atoms with Crippen molar-refractivity contribution in [3.8, 4) is 6.07 Å². The van der Waals surface area contributed by atoms with E-state index in [-0.39, 0.29) is 0 Å². The minimum absolute atomic E-state index is 0.402. The molecule has 2 aromatic heterocycles. The SMILES string of the molecule is CC1=C(C#N)C(c2cc3cn[nH]c3cc2F)c2c(C)noc2N1. The van der Waals surface area contributed by atoms with E-state index >= 15 is 0 Å². The van der Waals surface area contributed by atoms with Crippen molar-refractivity contribution < 1.29 is 8.91 Å². The maximum absolute atomic E-state index is 14.7. The van der Waals surface area contributed by atoms with E-state index < -0.39 is 11.7 Å². The molecule has 0 saturated heterocycles. The van der Waals surface area contributed by atoms with E-state index in [9.17, 15) is 9.65 Å². The van der Waals surface area contributed by atoms with Crippen LogP contribution in [0.3, 0.4) is 0 Å². The van der Waals surface area contributed by atoms with Crippen molar-refractivity contribution in [2.45, 2.75) is 19.8 Å². The molecule has 3 aromatic rings. The van der Waals surface area contributed by atoms with Crippen molar-refractivity contribution in [3.05, 3.63) is 52.2 Å². The van der Waals surface area contributed by atoms with Gasteiger partial charge >= 0.3 is 0 Å². The molecule has 4 rings (SSSR count). The average molecular weight is 309 g/mol. The summed E-state index contributed by atoms with van der Waals surface area (Å²) in [5.74, 6) is -0.502. The molecule has 3 heterocycles. The molecule has 7 heteroatoms. The number of aryl methyl sites for hydroxylation is 1. The molecule has 6 nitrogen and oxygen atoms in total. The van der Waals surface area contributed by atoms with Gasteiger partial charge in [-0.15, -0.1) is 0 Å². The van der Waals surface area contributed by atoms with E-state index in [2.05, 4.69) is 26.7 Å². The van der Waals surface area contributed by atoms with Crippen LogP contribution in [0.15, 0.2) is 34.1 Å². The number of hydrogen-bond donors (Lipinski definition) is 2. The number of fused-ring (bicyclic) bond motifs is 2. The third-order valence-electron chi connectivity index (χ3n) is 4.18. The van der Waals surface area contributed by atoms with Crippen molar-refractivity contribution in [1.29, 1.82) is 5.26 Å². The van der Waals surface area contributed by atoms with Crippen molar-refractivity contribution in [1.82, 2.24) is 15.4 Å². The number of aromatic amines is 1. The number of hydrogen-bond acceptors (Lipinski definition) is 5. The lowest BCUT2D eigenvalue weighted by Gasteiger charge is -2.24. The second-order valence-corrected chi connectivity index (χ2v) is 5.55. The Labute approximate surface area is 130 Å². The van der Waals surface area contributed by atoms with Crippen LogP contribution in [0, 0.1) is 24.1 Å². The number of nitrogens with one attached hydrogen (secondary N) is 2. The molecule has 1 aromatic carbocycles. The second kappa shape index (κ2) is 4.68.